The van der Waals surface area contributed by atoms with Gasteiger partial charge in [0.1, 0.15) is 0 Å². The molecule has 0 radical (unpaired) electrons. The molecule has 1 aliphatic heterocycles. The second-order valence-electron chi connectivity index (χ2n) is 7.16. The molecular formula is C20H25BrN2O3. The standard InChI is InChI=1S/C20H25BrN2O3/c1-2-17(13-7-9-14(21)10-8-13)22-18(24)11-12-23-19(25)15-5-3-4-6-16(15)20(23)26/h7-10,15-17H,2-6,11-12H2,1H3,(H,22,24). The third-order valence-corrected chi connectivity index (χ3v) is 6.04. The third kappa shape index (κ3) is 4.00. The number of likely N-dealkylation sites (tertiary alicyclic amines) is 1. The normalized spacial score (nSPS) is 23.7. The minimum atomic E-state index is -0.148. The van der Waals surface area contributed by atoms with Crippen molar-refractivity contribution in [1.82, 2.24) is 10.2 Å². The van der Waals surface area contributed by atoms with Crippen LogP contribution in [0.3, 0.4) is 0 Å². The van der Waals surface area contributed by atoms with Crippen LogP contribution in [0.5, 0.6) is 0 Å². The van der Waals surface area contributed by atoms with E-state index in [2.05, 4.69) is 21.2 Å². The second kappa shape index (κ2) is 8.33. The van der Waals surface area contributed by atoms with Gasteiger partial charge in [0.25, 0.3) is 0 Å². The van der Waals surface area contributed by atoms with E-state index in [9.17, 15) is 14.4 Å². The first-order valence-corrected chi connectivity index (χ1v) is 10.2. The number of nitrogens with one attached hydrogen (secondary N) is 1. The summed E-state index contributed by atoms with van der Waals surface area (Å²) in [6.07, 6.45) is 4.57. The van der Waals surface area contributed by atoms with Gasteiger partial charge in [0.15, 0.2) is 0 Å². The molecule has 3 atom stereocenters. The van der Waals surface area contributed by atoms with Crippen LogP contribution < -0.4 is 5.32 Å². The van der Waals surface area contributed by atoms with Gasteiger partial charge in [-0.1, -0.05) is 47.8 Å². The highest BCUT2D eigenvalue weighted by molar-refractivity contribution is 9.10. The van der Waals surface area contributed by atoms with E-state index in [-0.39, 0.29) is 48.6 Å². The molecule has 0 bridgehead atoms. The Hall–Kier alpha value is -1.69. The molecular weight excluding hydrogens is 396 g/mol. The zero-order valence-electron chi connectivity index (χ0n) is 15.0. The van der Waals surface area contributed by atoms with Gasteiger partial charge in [-0.15, -0.1) is 0 Å². The van der Waals surface area contributed by atoms with Crippen LogP contribution in [0.1, 0.15) is 57.1 Å². The third-order valence-electron chi connectivity index (χ3n) is 5.51. The molecule has 2 aliphatic rings. The second-order valence-corrected chi connectivity index (χ2v) is 8.07. The van der Waals surface area contributed by atoms with E-state index in [0.29, 0.717) is 0 Å². The van der Waals surface area contributed by atoms with E-state index in [1.54, 1.807) is 0 Å². The summed E-state index contributed by atoms with van der Waals surface area (Å²) in [5, 5.41) is 3.02. The van der Waals surface area contributed by atoms with Crippen molar-refractivity contribution in [2.75, 3.05) is 6.54 Å². The van der Waals surface area contributed by atoms with Crippen LogP contribution in [0, 0.1) is 11.8 Å². The molecule has 1 heterocycles. The Balaban J connectivity index is 1.55. The fraction of sp³-hybridized carbons (Fsp3) is 0.550. The SMILES string of the molecule is CCC(NC(=O)CCN1C(=O)C2CCCCC2C1=O)c1ccc(Br)cc1. The molecule has 6 heteroatoms. The van der Waals surface area contributed by atoms with Crippen molar-refractivity contribution in [3.63, 3.8) is 0 Å². The minimum Gasteiger partial charge on any atom is -0.349 e. The lowest BCUT2D eigenvalue weighted by Gasteiger charge is -2.19. The van der Waals surface area contributed by atoms with Crippen molar-refractivity contribution < 1.29 is 14.4 Å². The number of carbonyl (C=O) groups is 3. The van der Waals surface area contributed by atoms with Crippen LogP contribution in [0.2, 0.25) is 0 Å². The predicted molar refractivity (Wildman–Crippen MR) is 102 cm³/mol. The maximum atomic E-state index is 12.5. The number of rotatable bonds is 6. The van der Waals surface area contributed by atoms with E-state index in [1.807, 2.05) is 31.2 Å². The molecule has 0 aromatic heterocycles. The highest BCUT2D eigenvalue weighted by atomic mass is 79.9. The van der Waals surface area contributed by atoms with Gasteiger partial charge in [-0.05, 0) is 37.0 Å². The van der Waals surface area contributed by atoms with Gasteiger partial charge < -0.3 is 5.32 Å². The monoisotopic (exact) mass is 420 g/mol. The summed E-state index contributed by atoms with van der Waals surface area (Å²) in [7, 11) is 0. The van der Waals surface area contributed by atoms with Crippen LogP contribution in [0.25, 0.3) is 0 Å². The Morgan fingerprint density at radius 1 is 1.15 bits per heavy atom. The molecule has 3 rings (SSSR count). The van der Waals surface area contributed by atoms with E-state index in [4.69, 9.17) is 0 Å². The van der Waals surface area contributed by atoms with Gasteiger partial charge in [0.05, 0.1) is 17.9 Å². The maximum absolute atomic E-state index is 12.5. The number of carbonyl (C=O) groups excluding carboxylic acids is 3. The molecule has 3 unspecified atom stereocenters. The lowest BCUT2D eigenvalue weighted by Crippen LogP contribution is -2.36. The molecule has 1 saturated heterocycles. The maximum Gasteiger partial charge on any atom is 0.233 e. The van der Waals surface area contributed by atoms with E-state index < -0.39 is 0 Å². The fourth-order valence-electron chi connectivity index (χ4n) is 4.05. The van der Waals surface area contributed by atoms with Crippen LogP contribution in [0.15, 0.2) is 28.7 Å². The predicted octanol–water partition coefficient (Wildman–Crippen LogP) is 3.58. The highest BCUT2D eigenvalue weighted by Crippen LogP contribution is 2.38. The van der Waals surface area contributed by atoms with Gasteiger partial charge in [-0.3, -0.25) is 19.3 Å². The van der Waals surface area contributed by atoms with Crippen LogP contribution in [0.4, 0.5) is 0 Å². The Morgan fingerprint density at radius 2 is 1.73 bits per heavy atom. The lowest BCUT2D eigenvalue weighted by molar-refractivity contribution is -0.140. The van der Waals surface area contributed by atoms with Crippen molar-refractivity contribution in [2.24, 2.45) is 11.8 Å². The number of fused-ring (bicyclic) bond motifs is 1. The number of benzene rings is 1. The van der Waals surface area contributed by atoms with E-state index >= 15 is 0 Å². The number of amides is 3. The zero-order chi connectivity index (χ0) is 18.7. The van der Waals surface area contributed by atoms with Crippen LogP contribution in [-0.4, -0.2) is 29.2 Å². The smallest absolute Gasteiger partial charge is 0.233 e. The average molecular weight is 421 g/mol. The van der Waals surface area contributed by atoms with Crippen LogP contribution >= 0.6 is 15.9 Å². The molecule has 140 valence electrons. The van der Waals surface area contributed by atoms with Crippen molar-refractivity contribution >= 4 is 33.7 Å². The number of halogens is 1. The molecule has 1 aromatic carbocycles. The molecule has 1 aromatic rings. The van der Waals surface area contributed by atoms with E-state index in [0.717, 1.165) is 42.1 Å². The van der Waals surface area contributed by atoms with Crippen molar-refractivity contribution in [3.8, 4) is 0 Å². The summed E-state index contributed by atoms with van der Waals surface area (Å²) in [5.74, 6) is -0.578. The zero-order valence-corrected chi connectivity index (χ0v) is 16.6. The number of hydrogen-bond acceptors (Lipinski definition) is 3. The molecule has 3 amide bonds. The Labute approximate surface area is 162 Å². The molecule has 1 saturated carbocycles. The molecule has 1 N–H and O–H groups in total. The molecule has 0 spiro atoms. The first-order chi connectivity index (χ1) is 12.5. The largest absolute Gasteiger partial charge is 0.349 e. The fourth-order valence-corrected chi connectivity index (χ4v) is 4.31. The van der Waals surface area contributed by atoms with Crippen molar-refractivity contribution in [3.05, 3.63) is 34.3 Å². The Morgan fingerprint density at radius 3 is 2.27 bits per heavy atom. The summed E-state index contributed by atoms with van der Waals surface area (Å²) < 4.78 is 0.995. The van der Waals surface area contributed by atoms with Crippen LogP contribution in [-0.2, 0) is 14.4 Å². The quantitative estimate of drug-likeness (QED) is 0.715. The summed E-state index contributed by atoms with van der Waals surface area (Å²) in [6, 6.07) is 7.80. The number of hydrogen-bond donors (Lipinski definition) is 1. The lowest BCUT2D eigenvalue weighted by atomic mass is 9.81. The van der Waals surface area contributed by atoms with E-state index in [1.165, 1.54) is 4.90 Å². The minimum absolute atomic E-state index is 0.0665. The first-order valence-electron chi connectivity index (χ1n) is 9.41. The number of imide groups is 1. The van der Waals surface area contributed by atoms with Gasteiger partial charge in [-0.2, -0.15) is 0 Å². The topological polar surface area (TPSA) is 66.5 Å². The van der Waals surface area contributed by atoms with Gasteiger partial charge in [0.2, 0.25) is 17.7 Å². The van der Waals surface area contributed by atoms with Gasteiger partial charge >= 0.3 is 0 Å². The highest BCUT2D eigenvalue weighted by Gasteiger charge is 2.47. The van der Waals surface area contributed by atoms with Gasteiger partial charge in [0, 0.05) is 17.4 Å². The molecule has 5 nitrogen and oxygen atoms in total. The summed E-state index contributed by atoms with van der Waals surface area (Å²) >= 11 is 3.41. The first kappa shape index (κ1) is 19.1. The molecule has 26 heavy (non-hydrogen) atoms. The molecule has 2 fully saturated rings. The van der Waals surface area contributed by atoms with Gasteiger partial charge in [-0.25, -0.2) is 0 Å². The summed E-state index contributed by atoms with van der Waals surface area (Å²) in [5.41, 5.74) is 1.04. The summed E-state index contributed by atoms with van der Waals surface area (Å²) in [4.78, 5) is 38.6. The molecule has 1 aliphatic carbocycles. The average Bonchev–Trinajstić information content (AvgIpc) is 2.90. The number of nitrogens with zero attached hydrogens (tertiary/aromatic N) is 1. The van der Waals surface area contributed by atoms with Crippen molar-refractivity contribution in [2.45, 2.75) is 51.5 Å². The Kier molecular flexibility index (Phi) is 6.12. The summed E-state index contributed by atoms with van der Waals surface area (Å²) in [6.45, 7) is 2.21. The van der Waals surface area contributed by atoms with Crippen molar-refractivity contribution in [1.29, 1.82) is 0 Å². The Bertz CT molecular complexity index is 665.